The molecule has 1 amide bonds. The lowest BCUT2D eigenvalue weighted by molar-refractivity contribution is 0.0950. The first-order chi connectivity index (χ1) is 10.2. The van der Waals surface area contributed by atoms with Gasteiger partial charge in [0.1, 0.15) is 17.8 Å². The van der Waals surface area contributed by atoms with Gasteiger partial charge in [-0.2, -0.15) is 0 Å². The van der Waals surface area contributed by atoms with Crippen LogP contribution in [0.2, 0.25) is 0 Å². The third-order valence-electron chi connectivity index (χ3n) is 3.05. The first-order valence-electron chi connectivity index (χ1n) is 6.51. The molecule has 3 rings (SSSR count). The van der Waals surface area contributed by atoms with E-state index in [0.29, 0.717) is 29.9 Å². The summed E-state index contributed by atoms with van der Waals surface area (Å²) in [5.74, 6) is 1.32. The number of halogens is 1. The highest BCUT2D eigenvalue weighted by Gasteiger charge is 2.12. The molecule has 6 heteroatoms. The molecular formula is C15H13BrN2O3. The van der Waals surface area contributed by atoms with E-state index in [2.05, 4.69) is 26.2 Å². The quantitative estimate of drug-likeness (QED) is 0.866. The molecule has 1 N–H and O–H groups in total. The van der Waals surface area contributed by atoms with Gasteiger partial charge in [-0.25, -0.2) is 4.98 Å². The van der Waals surface area contributed by atoms with Crippen LogP contribution in [-0.2, 0) is 6.54 Å². The summed E-state index contributed by atoms with van der Waals surface area (Å²) >= 11 is 3.25. The van der Waals surface area contributed by atoms with E-state index in [4.69, 9.17) is 9.47 Å². The number of benzene rings is 1. The molecule has 0 bridgehead atoms. The van der Waals surface area contributed by atoms with Crippen LogP contribution in [0.15, 0.2) is 41.1 Å². The Kier molecular flexibility index (Phi) is 4.06. The van der Waals surface area contributed by atoms with Crippen molar-refractivity contribution in [1.82, 2.24) is 10.3 Å². The standard InChI is InChI=1S/C15H13BrN2O3/c16-14-8-11(3-4-17-14)15(19)18-9-10-1-2-12-13(7-10)21-6-5-20-12/h1-4,7-8H,5-6,9H2,(H,18,19). The highest BCUT2D eigenvalue weighted by Crippen LogP contribution is 2.30. The van der Waals surface area contributed by atoms with E-state index in [1.54, 1.807) is 18.3 Å². The molecule has 2 aromatic rings. The van der Waals surface area contributed by atoms with Crippen LogP contribution in [0.25, 0.3) is 0 Å². The van der Waals surface area contributed by atoms with Crippen LogP contribution in [0.5, 0.6) is 11.5 Å². The molecule has 1 aliphatic rings. The Bertz CT molecular complexity index is 676. The molecule has 21 heavy (non-hydrogen) atoms. The van der Waals surface area contributed by atoms with Crippen molar-refractivity contribution < 1.29 is 14.3 Å². The zero-order valence-electron chi connectivity index (χ0n) is 11.1. The first kappa shape index (κ1) is 13.9. The van der Waals surface area contributed by atoms with Gasteiger partial charge in [-0.1, -0.05) is 6.07 Å². The molecular weight excluding hydrogens is 336 g/mol. The van der Waals surface area contributed by atoms with Crippen molar-refractivity contribution in [2.75, 3.05) is 13.2 Å². The molecule has 108 valence electrons. The van der Waals surface area contributed by atoms with Crippen molar-refractivity contribution in [3.05, 3.63) is 52.3 Å². The molecule has 0 saturated heterocycles. The molecule has 0 radical (unpaired) electrons. The number of carbonyl (C=O) groups excluding carboxylic acids is 1. The number of pyridine rings is 1. The highest BCUT2D eigenvalue weighted by atomic mass is 79.9. The van der Waals surface area contributed by atoms with Crippen LogP contribution in [-0.4, -0.2) is 24.1 Å². The van der Waals surface area contributed by atoms with Crippen LogP contribution in [0.4, 0.5) is 0 Å². The fourth-order valence-corrected chi connectivity index (χ4v) is 2.39. The van der Waals surface area contributed by atoms with Crippen LogP contribution in [0.3, 0.4) is 0 Å². The predicted molar refractivity (Wildman–Crippen MR) is 80.5 cm³/mol. The van der Waals surface area contributed by atoms with E-state index in [-0.39, 0.29) is 5.91 Å². The van der Waals surface area contributed by atoms with Crippen molar-refractivity contribution in [2.24, 2.45) is 0 Å². The lowest BCUT2D eigenvalue weighted by Crippen LogP contribution is -2.23. The van der Waals surface area contributed by atoms with Gasteiger partial charge in [0.25, 0.3) is 5.91 Å². The average Bonchev–Trinajstić information content (AvgIpc) is 2.52. The second-order valence-corrected chi connectivity index (χ2v) is 5.34. The van der Waals surface area contributed by atoms with Gasteiger partial charge in [0.05, 0.1) is 0 Å². The summed E-state index contributed by atoms with van der Waals surface area (Å²) in [6.45, 7) is 1.54. The number of nitrogens with zero attached hydrogens (tertiary/aromatic N) is 1. The van der Waals surface area contributed by atoms with Gasteiger partial charge < -0.3 is 14.8 Å². The second-order valence-electron chi connectivity index (χ2n) is 4.53. The van der Waals surface area contributed by atoms with Crippen molar-refractivity contribution in [3.8, 4) is 11.5 Å². The number of ether oxygens (including phenoxy) is 2. The third kappa shape index (κ3) is 3.33. The van der Waals surface area contributed by atoms with Crippen molar-refractivity contribution in [2.45, 2.75) is 6.54 Å². The summed E-state index contributed by atoms with van der Waals surface area (Å²) in [7, 11) is 0. The molecule has 1 aliphatic heterocycles. The molecule has 1 aromatic heterocycles. The maximum absolute atomic E-state index is 12.0. The van der Waals surface area contributed by atoms with Gasteiger partial charge in [-0.15, -0.1) is 0 Å². The number of amides is 1. The zero-order chi connectivity index (χ0) is 14.7. The summed E-state index contributed by atoms with van der Waals surface area (Å²) in [4.78, 5) is 16.0. The second kappa shape index (κ2) is 6.13. The van der Waals surface area contributed by atoms with Gasteiger partial charge in [-0.05, 0) is 45.8 Å². The topological polar surface area (TPSA) is 60.5 Å². The lowest BCUT2D eigenvalue weighted by atomic mass is 10.2. The number of hydrogen-bond acceptors (Lipinski definition) is 4. The minimum atomic E-state index is -0.145. The third-order valence-corrected chi connectivity index (χ3v) is 3.48. The van der Waals surface area contributed by atoms with E-state index in [1.165, 1.54) is 0 Å². The predicted octanol–water partition coefficient (Wildman–Crippen LogP) is 2.55. The van der Waals surface area contributed by atoms with Gasteiger partial charge in [-0.3, -0.25) is 4.79 Å². The first-order valence-corrected chi connectivity index (χ1v) is 7.30. The number of fused-ring (bicyclic) bond motifs is 1. The zero-order valence-corrected chi connectivity index (χ0v) is 12.7. The number of carbonyl (C=O) groups is 1. The monoisotopic (exact) mass is 348 g/mol. The highest BCUT2D eigenvalue weighted by molar-refractivity contribution is 9.10. The average molecular weight is 349 g/mol. The van der Waals surface area contributed by atoms with Crippen LogP contribution in [0.1, 0.15) is 15.9 Å². The fourth-order valence-electron chi connectivity index (χ4n) is 2.03. The summed E-state index contributed by atoms with van der Waals surface area (Å²) < 4.78 is 11.6. The maximum Gasteiger partial charge on any atom is 0.251 e. The number of nitrogens with one attached hydrogen (secondary N) is 1. The SMILES string of the molecule is O=C(NCc1ccc2c(c1)OCCO2)c1ccnc(Br)c1. The Morgan fingerprint density at radius 2 is 2.00 bits per heavy atom. The minimum Gasteiger partial charge on any atom is -0.486 e. The largest absolute Gasteiger partial charge is 0.486 e. The van der Waals surface area contributed by atoms with Gasteiger partial charge in [0.2, 0.25) is 0 Å². The Labute approximate surface area is 130 Å². The number of hydrogen-bond donors (Lipinski definition) is 1. The Hall–Kier alpha value is -2.08. The molecule has 0 saturated carbocycles. The molecule has 2 heterocycles. The Balaban J connectivity index is 1.66. The molecule has 0 fully saturated rings. The van der Waals surface area contributed by atoms with Crippen LogP contribution < -0.4 is 14.8 Å². The van der Waals surface area contributed by atoms with E-state index < -0.39 is 0 Å². The van der Waals surface area contributed by atoms with E-state index >= 15 is 0 Å². The van der Waals surface area contributed by atoms with Crippen molar-refractivity contribution >= 4 is 21.8 Å². The van der Waals surface area contributed by atoms with Crippen molar-refractivity contribution in [3.63, 3.8) is 0 Å². The Morgan fingerprint density at radius 3 is 2.81 bits per heavy atom. The fraction of sp³-hybridized carbons (Fsp3) is 0.200. The van der Waals surface area contributed by atoms with Crippen LogP contribution >= 0.6 is 15.9 Å². The normalized spacial score (nSPS) is 12.8. The van der Waals surface area contributed by atoms with Crippen LogP contribution in [0, 0.1) is 0 Å². The summed E-state index contributed by atoms with van der Waals surface area (Å²) in [5.41, 5.74) is 1.52. The number of aromatic nitrogens is 1. The minimum absolute atomic E-state index is 0.145. The molecule has 0 aliphatic carbocycles. The molecule has 0 atom stereocenters. The smallest absolute Gasteiger partial charge is 0.251 e. The lowest BCUT2D eigenvalue weighted by Gasteiger charge is -2.19. The summed E-state index contributed by atoms with van der Waals surface area (Å²) in [6, 6.07) is 9.01. The summed E-state index contributed by atoms with van der Waals surface area (Å²) in [5, 5.41) is 2.87. The van der Waals surface area contributed by atoms with Gasteiger partial charge in [0, 0.05) is 18.3 Å². The van der Waals surface area contributed by atoms with Gasteiger partial charge in [0.15, 0.2) is 11.5 Å². The Morgan fingerprint density at radius 1 is 1.19 bits per heavy atom. The number of rotatable bonds is 3. The molecule has 5 nitrogen and oxygen atoms in total. The van der Waals surface area contributed by atoms with E-state index in [0.717, 1.165) is 17.1 Å². The maximum atomic E-state index is 12.0. The van der Waals surface area contributed by atoms with Gasteiger partial charge >= 0.3 is 0 Å². The molecule has 0 unspecified atom stereocenters. The molecule has 0 spiro atoms. The van der Waals surface area contributed by atoms with E-state index in [9.17, 15) is 4.79 Å². The molecule has 1 aromatic carbocycles. The van der Waals surface area contributed by atoms with E-state index in [1.807, 2.05) is 18.2 Å². The summed E-state index contributed by atoms with van der Waals surface area (Å²) in [6.07, 6.45) is 1.59. The van der Waals surface area contributed by atoms with Crippen molar-refractivity contribution in [1.29, 1.82) is 0 Å².